The molecule has 0 spiro atoms. The fourth-order valence-electron chi connectivity index (χ4n) is 5.71. The SMILES string of the molecule is CCOC(=O)[C@@H](OC(C)(C)C)c1c(C)nc(C)c(-c2ccc(CC(=O)OCc3ccccc3)cc2)c1N1CCC(C)(C)CC1. The molecule has 0 radical (unpaired) electrons. The molecule has 7 heteroatoms. The summed E-state index contributed by atoms with van der Waals surface area (Å²) in [6.07, 6.45) is 1.31. The van der Waals surface area contributed by atoms with E-state index in [1.54, 1.807) is 0 Å². The molecule has 1 saturated heterocycles. The number of hydrogen-bond acceptors (Lipinski definition) is 7. The van der Waals surface area contributed by atoms with Gasteiger partial charge >= 0.3 is 11.9 Å². The molecule has 2 aromatic carbocycles. The molecule has 1 aliphatic heterocycles. The summed E-state index contributed by atoms with van der Waals surface area (Å²) in [7, 11) is 0. The number of ether oxygens (including phenoxy) is 3. The Kier molecular flexibility index (Phi) is 10.5. The molecule has 4 rings (SSSR count). The number of rotatable bonds is 10. The van der Waals surface area contributed by atoms with E-state index in [1.807, 2.05) is 96.1 Å². The van der Waals surface area contributed by atoms with Crippen molar-refractivity contribution < 1.29 is 23.8 Å². The first-order valence-electron chi connectivity index (χ1n) is 15.7. The van der Waals surface area contributed by atoms with E-state index in [0.29, 0.717) is 0 Å². The van der Waals surface area contributed by atoms with Gasteiger partial charge in [-0.05, 0) is 76.5 Å². The molecular formula is C37H48N2O5. The Bertz CT molecular complexity index is 1430. The first kappa shape index (κ1) is 33.2. The lowest BCUT2D eigenvalue weighted by Gasteiger charge is -2.41. The van der Waals surface area contributed by atoms with Crippen LogP contribution in [0, 0.1) is 19.3 Å². The number of esters is 2. The van der Waals surface area contributed by atoms with Crippen molar-refractivity contribution in [2.45, 2.75) is 93.0 Å². The zero-order valence-corrected chi connectivity index (χ0v) is 27.7. The summed E-state index contributed by atoms with van der Waals surface area (Å²) in [5.74, 6) is -0.685. The topological polar surface area (TPSA) is 78.0 Å². The maximum Gasteiger partial charge on any atom is 0.340 e. The second-order valence-corrected chi connectivity index (χ2v) is 13.5. The third kappa shape index (κ3) is 8.47. The van der Waals surface area contributed by atoms with E-state index in [0.717, 1.165) is 70.8 Å². The van der Waals surface area contributed by atoms with Crippen LogP contribution in [0.15, 0.2) is 54.6 Å². The molecule has 2 heterocycles. The number of piperidine rings is 1. The predicted octanol–water partition coefficient (Wildman–Crippen LogP) is 7.70. The summed E-state index contributed by atoms with van der Waals surface area (Å²) in [6.45, 7) is 18.5. The van der Waals surface area contributed by atoms with Crippen LogP contribution < -0.4 is 4.90 Å². The van der Waals surface area contributed by atoms with Crippen LogP contribution in [0.25, 0.3) is 11.1 Å². The minimum atomic E-state index is -0.926. The van der Waals surface area contributed by atoms with E-state index in [9.17, 15) is 9.59 Å². The Labute approximate surface area is 262 Å². The van der Waals surface area contributed by atoms with Crippen molar-refractivity contribution in [3.63, 3.8) is 0 Å². The summed E-state index contributed by atoms with van der Waals surface area (Å²) in [5, 5.41) is 0. The Morgan fingerprint density at radius 2 is 1.55 bits per heavy atom. The molecule has 1 fully saturated rings. The van der Waals surface area contributed by atoms with Gasteiger partial charge in [0.2, 0.25) is 0 Å². The molecule has 1 atom stereocenters. The van der Waals surface area contributed by atoms with Crippen LogP contribution >= 0.6 is 0 Å². The van der Waals surface area contributed by atoms with E-state index in [-0.39, 0.29) is 31.0 Å². The average Bonchev–Trinajstić information content (AvgIpc) is 2.96. The second-order valence-electron chi connectivity index (χ2n) is 13.5. The van der Waals surface area contributed by atoms with E-state index < -0.39 is 17.7 Å². The normalized spacial score (nSPS) is 15.5. The van der Waals surface area contributed by atoms with Gasteiger partial charge in [-0.15, -0.1) is 0 Å². The van der Waals surface area contributed by atoms with Crippen LogP contribution in [0.5, 0.6) is 0 Å². The van der Waals surface area contributed by atoms with E-state index >= 15 is 0 Å². The number of nitrogens with zero attached hydrogens (tertiary/aromatic N) is 2. The Morgan fingerprint density at radius 1 is 0.909 bits per heavy atom. The molecule has 0 aliphatic carbocycles. The largest absolute Gasteiger partial charge is 0.464 e. The van der Waals surface area contributed by atoms with Crippen molar-refractivity contribution in [3.8, 4) is 11.1 Å². The van der Waals surface area contributed by atoms with E-state index in [4.69, 9.17) is 19.2 Å². The van der Waals surface area contributed by atoms with Gasteiger partial charge in [-0.25, -0.2) is 4.79 Å². The Morgan fingerprint density at radius 3 is 2.14 bits per heavy atom. The monoisotopic (exact) mass is 600 g/mol. The molecule has 0 bridgehead atoms. The van der Waals surface area contributed by atoms with Crippen molar-refractivity contribution >= 4 is 17.6 Å². The molecule has 3 aromatic rings. The zero-order valence-electron chi connectivity index (χ0n) is 27.7. The summed E-state index contributed by atoms with van der Waals surface area (Å²) < 4.78 is 17.5. The number of benzene rings is 2. The number of carbonyl (C=O) groups excluding carboxylic acids is 2. The molecule has 236 valence electrons. The van der Waals surface area contributed by atoms with Crippen molar-refractivity contribution in [3.05, 3.63) is 82.7 Å². The van der Waals surface area contributed by atoms with Crippen LogP contribution in [-0.2, 0) is 36.8 Å². The first-order valence-corrected chi connectivity index (χ1v) is 15.7. The second kappa shape index (κ2) is 13.9. The molecule has 0 saturated carbocycles. The third-order valence-corrected chi connectivity index (χ3v) is 8.08. The minimum absolute atomic E-state index is 0.182. The standard InChI is InChI=1S/C37H48N2O5/c1-9-42-35(41)34(44-36(4,5)6)32-26(3)38-25(2)31(33(32)39-21-19-37(7,8)20-22-39)29-17-15-27(16-18-29)23-30(40)43-24-28-13-11-10-12-14-28/h10-18,34H,9,19-24H2,1-8H3/t34-/m0/s1. The minimum Gasteiger partial charge on any atom is -0.464 e. The molecule has 0 amide bonds. The van der Waals surface area contributed by atoms with Crippen LogP contribution in [0.3, 0.4) is 0 Å². The van der Waals surface area contributed by atoms with Gasteiger partial charge < -0.3 is 19.1 Å². The van der Waals surface area contributed by atoms with Crippen molar-refractivity contribution in [1.29, 1.82) is 0 Å². The third-order valence-electron chi connectivity index (χ3n) is 8.08. The summed E-state index contributed by atoms with van der Waals surface area (Å²) in [5.41, 5.74) is 6.78. The molecule has 0 unspecified atom stereocenters. The average molecular weight is 601 g/mol. The highest BCUT2D eigenvalue weighted by molar-refractivity contribution is 5.88. The summed E-state index contributed by atoms with van der Waals surface area (Å²) in [4.78, 5) is 33.5. The number of aryl methyl sites for hydroxylation is 2. The zero-order chi connectivity index (χ0) is 32.1. The number of anilines is 1. The first-order chi connectivity index (χ1) is 20.8. The smallest absolute Gasteiger partial charge is 0.340 e. The van der Waals surface area contributed by atoms with Gasteiger partial charge in [0.05, 0.1) is 24.3 Å². The van der Waals surface area contributed by atoms with Gasteiger partial charge in [-0.1, -0.05) is 68.4 Å². The van der Waals surface area contributed by atoms with Crippen molar-refractivity contribution in [1.82, 2.24) is 4.98 Å². The summed E-state index contributed by atoms with van der Waals surface area (Å²) in [6, 6.07) is 17.7. The fraction of sp³-hybridized carbons (Fsp3) is 0.486. The number of carbonyl (C=O) groups is 2. The quantitative estimate of drug-likeness (QED) is 0.221. The molecule has 44 heavy (non-hydrogen) atoms. The lowest BCUT2D eigenvalue weighted by Crippen LogP contribution is -2.39. The molecule has 1 aliphatic rings. The van der Waals surface area contributed by atoms with Crippen LogP contribution in [-0.4, -0.2) is 42.2 Å². The lowest BCUT2D eigenvalue weighted by molar-refractivity contribution is -0.166. The number of hydrogen-bond donors (Lipinski definition) is 0. The van der Waals surface area contributed by atoms with Gasteiger partial charge in [-0.3, -0.25) is 9.78 Å². The molecule has 1 aromatic heterocycles. The predicted molar refractivity (Wildman–Crippen MR) is 175 cm³/mol. The Balaban J connectivity index is 1.74. The highest BCUT2D eigenvalue weighted by Crippen LogP contribution is 2.45. The van der Waals surface area contributed by atoms with Gasteiger partial charge in [0.25, 0.3) is 0 Å². The van der Waals surface area contributed by atoms with Gasteiger partial charge in [0.1, 0.15) is 6.61 Å². The van der Waals surface area contributed by atoms with Gasteiger partial charge in [0, 0.05) is 35.6 Å². The summed E-state index contributed by atoms with van der Waals surface area (Å²) >= 11 is 0. The van der Waals surface area contributed by atoms with Gasteiger partial charge in [0.15, 0.2) is 6.10 Å². The fourth-order valence-corrected chi connectivity index (χ4v) is 5.71. The molecular weight excluding hydrogens is 552 g/mol. The molecule has 0 N–H and O–H groups in total. The lowest BCUT2D eigenvalue weighted by atomic mass is 9.81. The van der Waals surface area contributed by atoms with Crippen LogP contribution in [0.2, 0.25) is 0 Å². The van der Waals surface area contributed by atoms with Crippen LogP contribution in [0.1, 0.15) is 88.6 Å². The Hall–Kier alpha value is -3.71. The highest BCUT2D eigenvalue weighted by Gasteiger charge is 2.37. The van der Waals surface area contributed by atoms with Crippen LogP contribution in [0.4, 0.5) is 5.69 Å². The van der Waals surface area contributed by atoms with E-state index in [2.05, 4.69) is 18.7 Å². The highest BCUT2D eigenvalue weighted by atomic mass is 16.6. The molecule has 7 nitrogen and oxygen atoms in total. The van der Waals surface area contributed by atoms with E-state index in [1.165, 1.54) is 0 Å². The van der Waals surface area contributed by atoms with Crippen molar-refractivity contribution in [2.24, 2.45) is 5.41 Å². The van der Waals surface area contributed by atoms with Gasteiger partial charge in [-0.2, -0.15) is 0 Å². The number of aromatic nitrogens is 1. The maximum atomic E-state index is 13.5. The maximum absolute atomic E-state index is 13.5. The number of pyridine rings is 1. The van der Waals surface area contributed by atoms with Crippen molar-refractivity contribution in [2.75, 3.05) is 24.6 Å².